The fraction of sp³-hybridized carbons (Fsp3) is 0.786. The first kappa shape index (κ1) is 13.4. The predicted octanol–water partition coefficient (Wildman–Crippen LogP) is 1.78. The van der Waals surface area contributed by atoms with Crippen LogP contribution in [0.25, 0.3) is 0 Å². The first-order chi connectivity index (χ1) is 8.58. The molecule has 0 aromatic rings. The molecule has 2 rings (SSSR count). The largest absolute Gasteiger partial charge is 0.326 e. The lowest BCUT2D eigenvalue weighted by Crippen LogP contribution is -2.46. The SMILES string of the molecule is CC(C)=CCN1CCC(N2CCN(C)C2=O)CC1. The van der Waals surface area contributed by atoms with E-state index in [4.69, 9.17) is 0 Å². The molecule has 2 aliphatic heterocycles. The van der Waals surface area contributed by atoms with Gasteiger partial charge in [0.25, 0.3) is 0 Å². The summed E-state index contributed by atoms with van der Waals surface area (Å²) in [7, 11) is 1.90. The summed E-state index contributed by atoms with van der Waals surface area (Å²) < 4.78 is 0. The third-order valence-electron chi connectivity index (χ3n) is 4.00. The Morgan fingerprint density at radius 2 is 1.89 bits per heavy atom. The maximum atomic E-state index is 11.9. The second-order valence-electron chi connectivity index (χ2n) is 5.71. The van der Waals surface area contributed by atoms with Crippen molar-refractivity contribution in [2.45, 2.75) is 32.7 Å². The molecule has 2 saturated heterocycles. The van der Waals surface area contributed by atoms with E-state index in [2.05, 4.69) is 29.7 Å². The van der Waals surface area contributed by atoms with Crippen molar-refractivity contribution in [2.75, 3.05) is 39.8 Å². The first-order valence-corrected chi connectivity index (χ1v) is 6.95. The molecule has 0 spiro atoms. The van der Waals surface area contributed by atoms with Crippen LogP contribution in [0.4, 0.5) is 4.79 Å². The summed E-state index contributed by atoms with van der Waals surface area (Å²) in [6.45, 7) is 9.37. The number of rotatable bonds is 3. The van der Waals surface area contributed by atoms with Gasteiger partial charge in [0.2, 0.25) is 0 Å². The van der Waals surface area contributed by atoms with E-state index in [1.54, 1.807) is 0 Å². The monoisotopic (exact) mass is 251 g/mol. The van der Waals surface area contributed by atoms with Gasteiger partial charge in [-0.15, -0.1) is 0 Å². The van der Waals surface area contributed by atoms with Gasteiger partial charge < -0.3 is 9.80 Å². The Hall–Kier alpha value is -1.03. The predicted molar refractivity (Wildman–Crippen MR) is 73.6 cm³/mol. The number of carbonyl (C=O) groups is 1. The maximum absolute atomic E-state index is 11.9. The van der Waals surface area contributed by atoms with Gasteiger partial charge in [-0.3, -0.25) is 4.90 Å². The maximum Gasteiger partial charge on any atom is 0.320 e. The average molecular weight is 251 g/mol. The topological polar surface area (TPSA) is 26.8 Å². The van der Waals surface area contributed by atoms with Crippen LogP contribution in [0.2, 0.25) is 0 Å². The van der Waals surface area contributed by atoms with Gasteiger partial charge in [0.15, 0.2) is 0 Å². The number of nitrogens with zero attached hydrogens (tertiary/aromatic N) is 3. The zero-order valence-corrected chi connectivity index (χ0v) is 11.9. The zero-order valence-electron chi connectivity index (χ0n) is 11.9. The van der Waals surface area contributed by atoms with E-state index in [1.165, 1.54) is 5.57 Å². The van der Waals surface area contributed by atoms with E-state index in [0.717, 1.165) is 45.6 Å². The Labute approximate surface area is 110 Å². The number of allylic oxidation sites excluding steroid dienone is 1. The molecule has 102 valence electrons. The normalized spacial score (nSPS) is 22.7. The zero-order chi connectivity index (χ0) is 13.1. The van der Waals surface area contributed by atoms with Crippen molar-refractivity contribution in [3.8, 4) is 0 Å². The number of hydrogen-bond donors (Lipinski definition) is 0. The van der Waals surface area contributed by atoms with E-state index in [9.17, 15) is 4.79 Å². The van der Waals surface area contributed by atoms with Crippen LogP contribution in [-0.4, -0.2) is 66.5 Å². The summed E-state index contributed by atoms with van der Waals surface area (Å²) in [4.78, 5) is 18.3. The quantitative estimate of drug-likeness (QED) is 0.715. The Balaban J connectivity index is 1.80. The third kappa shape index (κ3) is 3.05. The van der Waals surface area contributed by atoms with Crippen molar-refractivity contribution >= 4 is 6.03 Å². The van der Waals surface area contributed by atoms with Crippen LogP contribution in [0.15, 0.2) is 11.6 Å². The second-order valence-corrected chi connectivity index (χ2v) is 5.71. The van der Waals surface area contributed by atoms with Crippen LogP contribution in [0.1, 0.15) is 26.7 Å². The highest BCUT2D eigenvalue weighted by Crippen LogP contribution is 2.20. The molecule has 0 saturated carbocycles. The van der Waals surface area contributed by atoms with Crippen molar-refractivity contribution in [3.63, 3.8) is 0 Å². The van der Waals surface area contributed by atoms with E-state index < -0.39 is 0 Å². The fourth-order valence-corrected chi connectivity index (χ4v) is 2.73. The van der Waals surface area contributed by atoms with Crippen molar-refractivity contribution in [2.24, 2.45) is 0 Å². The molecule has 4 nitrogen and oxygen atoms in total. The molecule has 0 aromatic carbocycles. The van der Waals surface area contributed by atoms with Crippen LogP contribution in [0.3, 0.4) is 0 Å². The molecular formula is C14H25N3O. The standard InChI is InChI=1S/C14H25N3O/c1-12(2)4-7-16-8-5-13(6-9-16)17-11-10-15(3)14(17)18/h4,13H,5-11H2,1-3H3. The van der Waals surface area contributed by atoms with Gasteiger partial charge in [-0.1, -0.05) is 11.6 Å². The van der Waals surface area contributed by atoms with Gasteiger partial charge in [-0.2, -0.15) is 0 Å². The summed E-state index contributed by atoms with van der Waals surface area (Å²) >= 11 is 0. The number of carbonyl (C=O) groups excluding carboxylic acids is 1. The minimum Gasteiger partial charge on any atom is -0.326 e. The molecule has 0 N–H and O–H groups in total. The molecule has 2 amide bonds. The molecule has 0 aliphatic carbocycles. The molecule has 4 heteroatoms. The summed E-state index contributed by atoms with van der Waals surface area (Å²) in [5.41, 5.74) is 1.38. The molecule has 2 heterocycles. The Morgan fingerprint density at radius 3 is 2.39 bits per heavy atom. The molecule has 2 aliphatic rings. The number of likely N-dealkylation sites (tertiary alicyclic amines) is 1. The average Bonchev–Trinajstić information content (AvgIpc) is 2.68. The van der Waals surface area contributed by atoms with Gasteiger partial charge in [0.1, 0.15) is 0 Å². The van der Waals surface area contributed by atoms with Crippen LogP contribution < -0.4 is 0 Å². The van der Waals surface area contributed by atoms with Crippen molar-refractivity contribution in [1.82, 2.24) is 14.7 Å². The summed E-state index contributed by atoms with van der Waals surface area (Å²) in [5, 5.41) is 0. The number of amides is 2. The van der Waals surface area contributed by atoms with Crippen LogP contribution in [0.5, 0.6) is 0 Å². The number of piperidine rings is 1. The molecule has 2 fully saturated rings. The van der Waals surface area contributed by atoms with Crippen molar-refractivity contribution < 1.29 is 4.79 Å². The lowest BCUT2D eigenvalue weighted by Gasteiger charge is -2.36. The Bertz CT molecular complexity index is 328. The van der Waals surface area contributed by atoms with Gasteiger partial charge in [-0.05, 0) is 26.7 Å². The number of hydrogen-bond acceptors (Lipinski definition) is 2. The smallest absolute Gasteiger partial charge is 0.320 e. The molecule has 0 radical (unpaired) electrons. The van der Waals surface area contributed by atoms with Crippen LogP contribution >= 0.6 is 0 Å². The van der Waals surface area contributed by atoms with Gasteiger partial charge in [-0.25, -0.2) is 4.79 Å². The lowest BCUT2D eigenvalue weighted by atomic mass is 10.0. The highest BCUT2D eigenvalue weighted by atomic mass is 16.2. The fourth-order valence-electron chi connectivity index (χ4n) is 2.73. The Morgan fingerprint density at radius 1 is 1.22 bits per heavy atom. The van der Waals surface area contributed by atoms with Gasteiger partial charge >= 0.3 is 6.03 Å². The Kier molecular flexibility index (Phi) is 4.27. The summed E-state index contributed by atoms with van der Waals surface area (Å²) in [6.07, 6.45) is 4.53. The minimum atomic E-state index is 0.220. The van der Waals surface area contributed by atoms with E-state index in [1.807, 2.05) is 11.9 Å². The van der Waals surface area contributed by atoms with Crippen molar-refractivity contribution in [1.29, 1.82) is 0 Å². The lowest BCUT2D eigenvalue weighted by molar-refractivity contribution is 0.137. The van der Waals surface area contributed by atoms with Gasteiger partial charge in [0, 0.05) is 45.8 Å². The molecule has 0 atom stereocenters. The number of likely N-dealkylation sites (N-methyl/N-ethyl adjacent to an activating group) is 1. The van der Waals surface area contributed by atoms with Crippen molar-refractivity contribution in [3.05, 3.63) is 11.6 Å². The summed E-state index contributed by atoms with van der Waals surface area (Å²) in [6, 6.07) is 0.683. The molecule has 0 unspecified atom stereocenters. The highest BCUT2D eigenvalue weighted by Gasteiger charge is 2.33. The minimum absolute atomic E-state index is 0.220. The second kappa shape index (κ2) is 5.74. The molecular weight excluding hydrogens is 226 g/mol. The van der Waals surface area contributed by atoms with E-state index in [-0.39, 0.29) is 6.03 Å². The highest BCUT2D eigenvalue weighted by molar-refractivity contribution is 5.76. The molecule has 0 aromatic heterocycles. The molecule has 0 bridgehead atoms. The summed E-state index contributed by atoms with van der Waals surface area (Å²) in [5.74, 6) is 0. The van der Waals surface area contributed by atoms with Gasteiger partial charge in [0.05, 0.1) is 0 Å². The molecule has 18 heavy (non-hydrogen) atoms. The van der Waals surface area contributed by atoms with Crippen LogP contribution in [0, 0.1) is 0 Å². The third-order valence-corrected chi connectivity index (χ3v) is 4.00. The van der Waals surface area contributed by atoms with E-state index in [0.29, 0.717) is 6.04 Å². The number of urea groups is 1. The first-order valence-electron chi connectivity index (χ1n) is 6.95. The van der Waals surface area contributed by atoms with Crippen LogP contribution in [-0.2, 0) is 0 Å². The van der Waals surface area contributed by atoms with E-state index >= 15 is 0 Å².